The maximum absolute atomic E-state index is 11.4. The lowest BCUT2D eigenvalue weighted by atomic mass is 10.0. The molecule has 5 nitrogen and oxygen atoms in total. The molecule has 0 spiro atoms. The number of ether oxygens (including phenoxy) is 1. The van der Waals surface area contributed by atoms with Gasteiger partial charge in [-0.15, -0.1) is 0 Å². The Balaban J connectivity index is 2.14. The van der Waals surface area contributed by atoms with Crippen LogP contribution in [0.1, 0.15) is 25.5 Å². The summed E-state index contributed by atoms with van der Waals surface area (Å²) in [5.74, 6) is 0.860. The van der Waals surface area contributed by atoms with E-state index >= 15 is 0 Å². The molecule has 0 saturated carbocycles. The Morgan fingerprint density at radius 3 is 2.57 bits per heavy atom. The van der Waals surface area contributed by atoms with Crippen molar-refractivity contribution in [3.8, 4) is 11.8 Å². The van der Waals surface area contributed by atoms with Gasteiger partial charge in [-0.3, -0.25) is 9.69 Å². The van der Waals surface area contributed by atoms with E-state index in [1.165, 1.54) is 0 Å². The van der Waals surface area contributed by atoms with Crippen LogP contribution >= 0.6 is 0 Å². The Labute approximate surface area is 125 Å². The zero-order valence-electron chi connectivity index (χ0n) is 12.6. The molecule has 5 heteroatoms. The fraction of sp³-hybridized carbons (Fsp3) is 0.500. The first kappa shape index (κ1) is 15.3. The Morgan fingerprint density at radius 1 is 1.33 bits per heavy atom. The summed E-state index contributed by atoms with van der Waals surface area (Å²) in [6.07, 6.45) is 0. The monoisotopic (exact) mass is 287 g/mol. The van der Waals surface area contributed by atoms with Crippen molar-refractivity contribution >= 4 is 5.91 Å². The lowest BCUT2D eigenvalue weighted by Crippen LogP contribution is -2.48. The molecule has 1 unspecified atom stereocenters. The molecule has 1 fully saturated rings. The fourth-order valence-electron chi connectivity index (χ4n) is 2.64. The Kier molecular flexibility index (Phi) is 5.18. The van der Waals surface area contributed by atoms with E-state index in [-0.39, 0.29) is 11.9 Å². The maximum atomic E-state index is 11.4. The lowest BCUT2D eigenvalue weighted by molar-refractivity contribution is -0.130. The molecule has 1 aromatic rings. The molecule has 1 aliphatic heterocycles. The average molecular weight is 287 g/mol. The predicted octanol–water partition coefficient (Wildman–Crippen LogP) is 1.81. The Hall–Kier alpha value is -2.06. The molecule has 2 rings (SSSR count). The zero-order valence-corrected chi connectivity index (χ0v) is 12.6. The zero-order chi connectivity index (χ0) is 15.2. The third kappa shape index (κ3) is 3.53. The lowest BCUT2D eigenvalue weighted by Gasteiger charge is -2.36. The van der Waals surface area contributed by atoms with Crippen LogP contribution in [0.15, 0.2) is 24.3 Å². The number of carbonyl (C=O) groups excluding carboxylic acids is 1. The van der Waals surface area contributed by atoms with Crippen molar-refractivity contribution in [1.82, 2.24) is 9.80 Å². The normalized spacial score (nSPS) is 17.1. The second-order valence-electron chi connectivity index (χ2n) is 5.04. The van der Waals surface area contributed by atoms with Crippen molar-refractivity contribution in [3.05, 3.63) is 29.8 Å². The van der Waals surface area contributed by atoms with Gasteiger partial charge in [0.2, 0.25) is 5.91 Å². The van der Waals surface area contributed by atoms with Crippen LogP contribution in [0.3, 0.4) is 0 Å². The predicted molar refractivity (Wildman–Crippen MR) is 79.8 cm³/mol. The van der Waals surface area contributed by atoms with Crippen molar-refractivity contribution in [2.45, 2.75) is 19.9 Å². The van der Waals surface area contributed by atoms with Gasteiger partial charge in [0, 0.05) is 38.7 Å². The highest BCUT2D eigenvalue weighted by molar-refractivity contribution is 5.73. The van der Waals surface area contributed by atoms with E-state index in [2.05, 4.69) is 11.0 Å². The second kappa shape index (κ2) is 7.09. The van der Waals surface area contributed by atoms with Gasteiger partial charge < -0.3 is 9.64 Å². The Bertz CT molecular complexity index is 531. The molecule has 112 valence electrons. The van der Waals surface area contributed by atoms with E-state index in [9.17, 15) is 10.1 Å². The number of nitrogens with zero attached hydrogens (tertiary/aromatic N) is 3. The Morgan fingerprint density at radius 2 is 2.00 bits per heavy atom. The van der Waals surface area contributed by atoms with Gasteiger partial charge in [-0.05, 0) is 13.0 Å². The minimum Gasteiger partial charge on any atom is -0.493 e. The highest BCUT2D eigenvalue weighted by Gasteiger charge is 2.27. The molecule has 0 radical (unpaired) electrons. The largest absolute Gasteiger partial charge is 0.493 e. The highest BCUT2D eigenvalue weighted by atomic mass is 16.5. The molecule has 1 amide bonds. The van der Waals surface area contributed by atoms with Crippen LogP contribution in [0.2, 0.25) is 0 Å². The molecule has 0 aromatic heterocycles. The van der Waals surface area contributed by atoms with Crippen LogP contribution in [0, 0.1) is 11.3 Å². The maximum Gasteiger partial charge on any atom is 0.219 e. The summed E-state index contributed by atoms with van der Waals surface area (Å²) in [6.45, 7) is 6.85. The van der Waals surface area contributed by atoms with Crippen molar-refractivity contribution in [2.24, 2.45) is 0 Å². The van der Waals surface area contributed by atoms with Gasteiger partial charge in [0.25, 0.3) is 0 Å². The van der Waals surface area contributed by atoms with Crippen molar-refractivity contribution in [3.63, 3.8) is 0 Å². The second-order valence-corrected chi connectivity index (χ2v) is 5.04. The van der Waals surface area contributed by atoms with Gasteiger partial charge in [-0.1, -0.05) is 18.2 Å². The van der Waals surface area contributed by atoms with Crippen LogP contribution in [0.5, 0.6) is 5.75 Å². The summed E-state index contributed by atoms with van der Waals surface area (Å²) >= 11 is 0. The topological polar surface area (TPSA) is 56.6 Å². The molecule has 0 bridgehead atoms. The SMILES string of the molecule is CCOc1ccccc1C(C#N)N1CCN(C(C)=O)CC1. The standard InChI is InChI=1S/C16H21N3O2/c1-3-21-16-7-5-4-6-14(16)15(12-17)19-10-8-18(9-11-19)13(2)20/h4-7,15H,3,8-11H2,1-2H3. The number of hydrogen-bond acceptors (Lipinski definition) is 4. The number of amides is 1. The first-order valence-corrected chi connectivity index (χ1v) is 7.28. The first-order valence-electron chi connectivity index (χ1n) is 7.28. The van der Waals surface area contributed by atoms with E-state index in [1.807, 2.05) is 36.1 Å². The van der Waals surface area contributed by atoms with Crippen molar-refractivity contribution in [1.29, 1.82) is 5.26 Å². The van der Waals surface area contributed by atoms with Gasteiger partial charge in [-0.25, -0.2) is 0 Å². The quantitative estimate of drug-likeness (QED) is 0.847. The molecule has 0 N–H and O–H groups in total. The summed E-state index contributed by atoms with van der Waals surface area (Å²) < 4.78 is 5.63. The van der Waals surface area contributed by atoms with Gasteiger partial charge in [-0.2, -0.15) is 5.26 Å². The van der Waals surface area contributed by atoms with Gasteiger partial charge in [0.15, 0.2) is 0 Å². The van der Waals surface area contributed by atoms with Crippen LogP contribution in [0.4, 0.5) is 0 Å². The van der Waals surface area contributed by atoms with Crippen LogP contribution in [-0.4, -0.2) is 48.5 Å². The average Bonchev–Trinajstić information content (AvgIpc) is 2.50. The summed E-state index contributed by atoms with van der Waals surface area (Å²) in [7, 11) is 0. The van der Waals surface area contributed by atoms with E-state index in [1.54, 1.807) is 6.92 Å². The summed E-state index contributed by atoms with van der Waals surface area (Å²) in [4.78, 5) is 15.3. The van der Waals surface area contributed by atoms with E-state index < -0.39 is 0 Å². The number of benzene rings is 1. The van der Waals surface area contributed by atoms with E-state index in [0.29, 0.717) is 32.8 Å². The minimum atomic E-state index is -0.332. The van der Waals surface area contributed by atoms with Crippen LogP contribution < -0.4 is 4.74 Å². The molecular formula is C16H21N3O2. The van der Waals surface area contributed by atoms with E-state index in [4.69, 9.17) is 4.74 Å². The molecule has 1 aliphatic rings. The summed E-state index contributed by atoms with van der Waals surface area (Å²) in [5, 5.41) is 9.57. The smallest absolute Gasteiger partial charge is 0.219 e. The number of hydrogen-bond donors (Lipinski definition) is 0. The molecule has 1 aromatic carbocycles. The fourth-order valence-corrected chi connectivity index (χ4v) is 2.64. The third-order valence-corrected chi connectivity index (χ3v) is 3.76. The highest BCUT2D eigenvalue weighted by Crippen LogP contribution is 2.29. The number of para-hydroxylation sites is 1. The number of nitriles is 1. The summed E-state index contributed by atoms with van der Waals surface area (Å²) in [5.41, 5.74) is 0.901. The number of carbonyl (C=O) groups is 1. The van der Waals surface area contributed by atoms with Crippen molar-refractivity contribution < 1.29 is 9.53 Å². The molecule has 21 heavy (non-hydrogen) atoms. The molecular weight excluding hydrogens is 266 g/mol. The van der Waals surface area contributed by atoms with Crippen LogP contribution in [-0.2, 0) is 4.79 Å². The third-order valence-electron chi connectivity index (χ3n) is 3.76. The number of piperazine rings is 1. The molecule has 1 saturated heterocycles. The van der Waals surface area contributed by atoms with Crippen molar-refractivity contribution in [2.75, 3.05) is 32.8 Å². The van der Waals surface area contributed by atoms with Gasteiger partial charge in [0.1, 0.15) is 11.8 Å². The molecule has 0 aliphatic carbocycles. The first-order chi connectivity index (χ1) is 10.2. The molecule has 1 atom stereocenters. The van der Waals surface area contributed by atoms with Gasteiger partial charge >= 0.3 is 0 Å². The van der Waals surface area contributed by atoms with Crippen LogP contribution in [0.25, 0.3) is 0 Å². The molecule has 1 heterocycles. The van der Waals surface area contributed by atoms with E-state index in [0.717, 1.165) is 11.3 Å². The summed E-state index contributed by atoms with van der Waals surface area (Å²) in [6, 6.07) is 9.72. The minimum absolute atomic E-state index is 0.0953. The van der Waals surface area contributed by atoms with Gasteiger partial charge in [0.05, 0.1) is 12.7 Å². The number of rotatable bonds is 4.